The van der Waals surface area contributed by atoms with Crippen molar-refractivity contribution < 1.29 is 42.1 Å². The van der Waals surface area contributed by atoms with Crippen LogP contribution in [0.3, 0.4) is 0 Å². The van der Waals surface area contributed by atoms with Gasteiger partial charge in [0, 0.05) is 60.0 Å². The van der Waals surface area contributed by atoms with Crippen molar-refractivity contribution in [3.05, 3.63) is 125 Å². The van der Waals surface area contributed by atoms with Gasteiger partial charge in [0.05, 0.1) is 16.7 Å². The van der Waals surface area contributed by atoms with Gasteiger partial charge in [0.25, 0.3) is 0 Å². The van der Waals surface area contributed by atoms with E-state index in [9.17, 15) is 0 Å². The van der Waals surface area contributed by atoms with Gasteiger partial charge in [0.15, 0.2) is 0 Å². The number of rotatable bonds is 8. The third-order valence-electron chi connectivity index (χ3n) is 8.02. The molecule has 0 N–H and O–H groups in total. The third-order valence-corrected chi connectivity index (χ3v) is 8.02. The van der Waals surface area contributed by atoms with Crippen molar-refractivity contribution in [3.8, 4) is 0 Å². The van der Waals surface area contributed by atoms with Gasteiger partial charge in [0.2, 0.25) is 0 Å². The van der Waals surface area contributed by atoms with Crippen LogP contribution >= 0.6 is 0 Å². The minimum atomic E-state index is 0. The van der Waals surface area contributed by atoms with Gasteiger partial charge >= 0.3 is 0 Å². The summed E-state index contributed by atoms with van der Waals surface area (Å²) in [6.07, 6.45) is 5.72. The van der Waals surface area contributed by atoms with Crippen LogP contribution in [0.2, 0.25) is 0 Å². The smallest absolute Gasteiger partial charge is 0.0964 e. The first-order chi connectivity index (χ1) is 21.5. The number of hydrogen-bond donors (Lipinski definition) is 0. The Morgan fingerprint density at radius 1 is 0.583 bits per heavy atom. The van der Waals surface area contributed by atoms with Gasteiger partial charge < -0.3 is 16.3 Å². The summed E-state index contributed by atoms with van der Waals surface area (Å²) >= 11 is 0. The Labute approximate surface area is 311 Å². The third kappa shape index (κ3) is 10.6. The van der Waals surface area contributed by atoms with Crippen molar-refractivity contribution >= 4 is 38.9 Å². The van der Waals surface area contributed by atoms with E-state index in [0.717, 1.165) is 44.6 Å². The van der Waals surface area contributed by atoms with E-state index in [1.165, 1.54) is 22.3 Å². The second kappa shape index (κ2) is 19.6. The number of pyridine rings is 2. The number of aliphatic imine (C=N–C) groups is 1. The van der Waals surface area contributed by atoms with Gasteiger partial charge in [-0.2, -0.15) is 5.70 Å². The maximum absolute atomic E-state index is 5.08. The molecule has 0 aliphatic heterocycles. The van der Waals surface area contributed by atoms with Gasteiger partial charge in [0.1, 0.15) is 0 Å². The fraction of sp³-hybridized carbons (Fsp3) is 0.341. The van der Waals surface area contributed by atoms with Crippen molar-refractivity contribution in [3.63, 3.8) is 0 Å². The summed E-state index contributed by atoms with van der Waals surface area (Å²) in [5.41, 5.74) is 11.4. The van der Waals surface area contributed by atoms with E-state index >= 15 is 0 Å². The molecular formula is C41H49N4O2U-5. The number of para-hydroxylation sites is 2. The van der Waals surface area contributed by atoms with Gasteiger partial charge in [-0.3, -0.25) is 15.0 Å². The van der Waals surface area contributed by atoms with Crippen LogP contribution in [-0.4, -0.2) is 15.7 Å². The number of aromatic nitrogens is 2. The predicted octanol–water partition coefficient (Wildman–Crippen LogP) is 12.4. The molecule has 0 bridgehead atoms. The van der Waals surface area contributed by atoms with Crippen molar-refractivity contribution in [2.24, 2.45) is 4.99 Å². The molecule has 2 aromatic heterocycles. The van der Waals surface area contributed by atoms with Gasteiger partial charge in [-0.25, -0.2) is 0 Å². The summed E-state index contributed by atoms with van der Waals surface area (Å²) in [5.74, 6) is 1.75. The molecule has 0 amide bonds. The predicted molar refractivity (Wildman–Crippen MR) is 197 cm³/mol. The van der Waals surface area contributed by atoms with Crippen LogP contribution in [0.4, 0.5) is 11.4 Å². The van der Waals surface area contributed by atoms with Crippen LogP contribution < -0.4 is 0 Å². The SMILES string of the molecule is CC(/C=C(/C)[N-]c1c(C(C)C)cccc1C(C)C)=Nc1c(C(C)C)cccc1C(C)C.[O-2].[O-2].[U].c1cnc2c(c1)ccc1cccnc12. The van der Waals surface area contributed by atoms with Crippen LogP contribution in [0, 0.1) is 31.1 Å². The Kier molecular flexibility index (Phi) is 17.4. The zero-order valence-electron chi connectivity index (χ0n) is 30.1. The molecule has 5 aromatic rings. The number of allylic oxidation sites excluding steroid dienone is 2. The average Bonchev–Trinajstić information content (AvgIpc) is 3.01. The average molecular weight is 868 g/mol. The molecule has 7 heteroatoms. The molecule has 0 aliphatic carbocycles. The minimum absolute atomic E-state index is 0. The Morgan fingerprint density at radius 2 is 0.979 bits per heavy atom. The topological polar surface area (TPSA) is 109 Å². The molecule has 6 nitrogen and oxygen atoms in total. The van der Waals surface area contributed by atoms with Crippen LogP contribution in [-0.2, 0) is 11.0 Å². The molecule has 0 spiro atoms. The Hall–Kier alpha value is -3.34. The molecule has 48 heavy (non-hydrogen) atoms. The van der Waals surface area contributed by atoms with E-state index in [0.29, 0.717) is 23.7 Å². The van der Waals surface area contributed by atoms with E-state index in [-0.39, 0.29) is 42.1 Å². The van der Waals surface area contributed by atoms with E-state index in [1.54, 1.807) is 12.4 Å². The van der Waals surface area contributed by atoms with E-state index in [1.807, 2.05) is 12.1 Å². The number of hydrogen-bond acceptors (Lipinski definition) is 3. The fourth-order valence-electron chi connectivity index (χ4n) is 5.68. The summed E-state index contributed by atoms with van der Waals surface area (Å²) in [6, 6.07) is 25.3. The van der Waals surface area contributed by atoms with Crippen LogP contribution in [0.5, 0.6) is 0 Å². The maximum Gasteiger partial charge on any atom is 0.0964 e. The van der Waals surface area contributed by atoms with Crippen LogP contribution in [0.15, 0.2) is 102 Å². The molecule has 0 aliphatic rings. The first-order valence-corrected chi connectivity index (χ1v) is 16.3. The molecule has 0 unspecified atom stereocenters. The normalized spacial score (nSPS) is 11.6. The minimum Gasteiger partial charge on any atom is -2.00 e. The second-order valence-corrected chi connectivity index (χ2v) is 13.1. The summed E-state index contributed by atoms with van der Waals surface area (Å²) < 4.78 is 0. The van der Waals surface area contributed by atoms with Crippen molar-refractivity contribution in [1.82, 2.24) is 9.97 Å². The fourth-order valence-corrected chi connectivity index (χ4v) is 5.68. The molecule has 254 valence electrons. The largest absolute Gasteiger partial charge is 2.00 e. The first-order valence-electron chi connectivity index (χ1n) is 16.3. The van der Waals surface area contributed by atoms with Crippen LogP contribution in [0.1, 0.15) is 115 Å². The monoisotopic (exact) mass is 867 g/mol. The molecule has 5 rings (SSSR count). The van der Waals surface area contributed by atoms with Crippen molar-refractivity contribution in [1.29, 1.82) is 0 Å². The van der Waals surface area contributed by atoms with Crippen molar-refractivity contribution in [2.45, 2.75) is 92.9 Å². The van der Waals surface area contributed by atoms with Crippen LogP contribution in [0.25, 0.3) is 27.1 Å². The second-order valence-electron chi connectivity index (χ2n) is 13.1. The quantitative estimate of drug-likeness (QED) is 0.114. The summed E-state index contributed by atoms with van der Waals surface area (Å²) in [5, 5.41) is 7.35. The van der Waals surface area contributed by atoms with E-state index < -0.39 is 0 Å². The summed E-state index contributed by atoms with van der Waals surface area (Å²) in [6.45, 7) is 22.1. The summed E-state index contributed by atoms with van der Waals surface area (Å²) in [7, 11) is 0. The molecular weight excluding hydrogens is 819 g/mol. The molecule has 0 fully saturated rings. The van der Waals surface area contributed by atoms with Crippen molar-refractivity contribution in [2.75, 3.05) is 0 Å². The molecule has 0 saturated heterocycles. The molecule has 3 aromatic carbocycles. The molecule has 2 heterocycles. The Morgan fingerprint density at radius 3 is 1.38 bits per heavy atom. The van der Waals surface area contributed by atoms with E-state index in [2.05, 4.69) is 146 Å². The molecule has 0 radical (unpaired) electrons. The zero-order valence-corrected chi connectivity index (χ0v) is 34.2. The van der Waals surface area contributed by atoms with Gasteiger partial charge in [-0.1, -0.05) is 140 Å². The number of fused-ring (bicyclic) bond motifs is 3. The van der Waals surface area contributed by atoms with Gasteiger partial charge in [-0.15, -0.1) is 5.69 Å². The Bertz CT molecular complexity index is 1720. The zero-order chi connectivity index (χ0) is 32.7. The summed E-state index contributed by atoms with van der Waals surface area (Å²) in [4.78, 5) is 13.8. The standard InChI is InChI=1S/C29H41N2.C12H8N2.2O.U/c1-18(2)24-13-11-14-25(19(3)4)28(24)30-22(9)17-23(10)31-29-26(20(5)6)15-12-16-27(29)21(7)8;1-3-9-5-6-10-4-2-8-14-12(10)11(9)13-7-1;;;/h11-21H,1-10H3;1-8H;;;/q-1;;2*-2;/b22-17-,31-23?;;;;. The first kappa shape index (κ1) is 42.7. The van der Waals surface area contributed by atoms with Gasteiger partial charge in [-0.05, 0) is 53.9 Å². The molecule has 0 saturated carbocycles. The number of benzene rings is 3. The van der Waals surface area contributed by atoms with E-state index in [4.69, 9.17) is 10.3 Å². The number of nitrogens with zero attached hydrogens (tertiary/aromatic N) is 4. The molecule has 0 atom stereocenters. The maximum atomic E-state index is 5.08. The Balaban J connectivity index is 0.000000565.